The average Bonchev–Trinajstić information content (AvgIpc) is 3.05. The summed E-state index contributed by atoms with van der Waals surface area (Å²) in [6.45, 7) is 3.77. The quantitative estimate of drug-likeness (QED) is 0.741. The van der Waals surface area contributed by atoms with Gasteiger partial charge in [0.2, 0.25) is 0 Å². The molecule has 1 N–H and O–H groups in total. The topological polar surface area (TPSA) is 58.4 Å². The maximum atomic E-state index is 12.6. The standard InChI is InChI=1S/C22H25N3O2/c26-22(23-11-14-25-12-5-1-2-6-13-25)20-21(27-16-24-20)19-10-9-17-7-3-4-8-18(17)15-19/h3-4,7-10,15-16H,1-2,5-6,11-14H2,(H,23,26). The first kappa shape index (κ1) is 17.7. The molecule has 0 saturated carbocycles. The Kier molecular flexibility index (Phi) is 5.49. The molecule has 4 rings (SSSR count). The Morgan fingerprint density at radius 1 is 1.04 bits per heavy atom. The van der Waals surface area contributed by atoms with Gasteiger partial charge in [-0.25, -0.2) is 4.98 Å². The van der Waals surface area contributed by atoms with Gasteiger partial charge < -0.3 is 14.6 Å². The number of oxazole rings is 1. The summed E-state index contributed by atoms with van der Waals surface area (Å²) in [7, 11) is 0. The Bertz CT molecular complexity index is 911. The summed E-state index contributed by atoms with van der Waals surface area (Å²) in [6, 6.07) is 14.2. The van der Waals surface area contributed by atoms with Crippen LogP contribution in [0.15, 0.2) is 53.3 Å². The van der Waals surface area contributed by atoms with E-state index in [1.54, 1.807) is 0 Å². The minimum atomic E-state index is -0.179. The highest BCUT2D eigenvalue weighted by atomic mass is 16.3. The van der Waals surface area contributed by atoms with Crippen LogP contribution in [0.2, 0.25) is 0 Å². The number of carbonyl (C=O) groups excluding carboxylic acids is 1. The zero-order chi connectivity index (χ0) is 18.5. The van der Waals surface area contributed by atoms with Crippen molar-refractivity contribution in [2.75, 3.05) is 26.2 Å². The number of carbonyl (C=O) groups is 1. The lowest BCUT2D eigenvalue weighted by atomic mass is 10.0. The van der Waals surface area contributed by atoms with Gasteiger partial charge in [-0.2, -0.15) is 0 Å². The fourth-order valence-corrected chi connectivity index (χ4v) is 3.71. The van der Waals surface area contributed by atoms with E-state index >= 15 is 0 Å². The van der Waals surface area contributed by atoms with Crippen molar-refractivity contribution in [3.05, 3.63) is 54.6 Å². The highest BCUT2D eigenvalue weighted by Gasteiger charge is 2.18. The van der Waals surface area contributed by atoms with Crippen molar-refractivity contribution < 1.29 is 9.21 Å². The van der Waals surface area contributed by atoms with Gasteiger partial charge in [-0.15, -0.1) is 0 Å². The summed E-state index contributed by atoms with van der Waals surface area (Å²) < 4.78 is 5.55. The summed E-state index contributed by atoms with van der Waals surface area (Å²) >= 11 is 0. The van der Waals surface area contributed by atoms with Gasteiger partial charge in [0.15, 0.2) is 17.8 Å². The molecule has 0 unspecified atom stereocenters. The fraction of sp³-hybridized carbons (Fsp3) is 0.364. The number of fused-ring (bicyclic) bond motifs is 1. The van der Waals surface area contributed by atoms with Crippen molar-refractivity contribution in [2.24, 2.45) is 0 Å². The number of hydrogen-bond acceptors (Lipinski definition) is 4. The second-order valence-electron chi connectivity index (χ2n) is 7.10. The van der Waals surface area contributed by atoms with Crippen molar-refractivity contribution in [1.82, 2.24) is 15.2 Å². The monoisotopic (exact) mass is 363 g/mol. The highest BCUT2D eigenvalue weighted by molar-refractivity contribution is 5.98. The van der Waals surface area contributed by atoms with E-state index in [4.69, 9.17) is 4.42 Å². The van der Waals surface area contributed by atoms with Crippen LogP contribution in [0.3, 0.4) is 0 Å². The predicted molar refractivity (Wildman–Crippen MR) is 107 cm³/mol. The van der Waals surface area contributed by atoms with Crippen LogP contribution >= 0.6 is 0 Å². The number of rotatable bonds is 5. The fourth-order valence-electron chi connectivity index (χ4n) is 3.71. The molecule has 1 aliphatic heterocycles. The van der Waals surface area contributed by atoms with E-state index in [0.717, 1.165) is 36.0 Å². The Morgan fingerprint density at radius 2 is 1.81 bits per heavy atom. The number of aromatic nitrogens is 1. The molecular weight excluding hydrogens is 338 g/mol. The van der Waals surface area contributed by atoms with E-state index in [0.29, 0.717) is 18.0 Å². The van der Waals surface area contributed by atoms with Crippen LogP contribution in [0.1, 0.15) is 36.2 Å². The molecule has 140 valence electrons. The largest absolute Gasteiger partial charge is 0.443 e. The molecule has 2 heterocycles. The van der Waals surface area contributed by atoms with Gasteiger partial charge in [0.05, 0.1) is 0 Å². The van der Waals surface area contributed by atoms with E-state index in [2.05, 4.69) is 27.3 Å². The van der Waals surface area contributed by atoms with Crippen LogP contribution in [0, 0.1) is 0 Å². The molecule has 27 heavy (non-hydrogen) atoms. The van der Waals surface area contributed by atoms with Crippen LogP contribution < -0.4 is 5.32 Å². The second-order valence-corrected chi connectivity index (χ2v) is 7.10. The molecule has 0 aliphatic carbocycles. The first-order valence-electron chi connectivity index (χ1n) is 9.74. The number of nitrogens with one attached hydrogen (secondary N) is 1. The lowest BCUT2D eigenvalue weighted by molar-refractivity contribution is 0.0944. The Hall–Kier alpha value is -2.66. The third-order valence-corrected chi connectivity index (χ3v) is 5.21. The summed E-state index contributed by atoms with van der Waals surface area (Å²) in [5.41, 5.74) is 1.21. The molecule has 1 saturated heterocycles. The minimum Gasteiger partial charge on any atom is -0.443 e. The second kappa shape index (κ2) is 8.35. The van der Waals surface area contributed by atoms with Crippen LogP contribution in [-0.2, 0) is 0 Å². The molecular formula is C22H25N3O2. The highest BCUT2D eigenvalue weighted by Crippen LogP contribution is 2.27. The van der Waals surface area contributed by atoms with E-state index < -0.39 is 0 Å². The van der Waals surface area contributed by atoms with Gasteiger partial charge in [0.25, 0.3) is 5.91 Å². The molecule has 5 nitrogen and oxygen atoms in total. The van der Waals surface area contributed by atoms with Crippen LogP contribution in [-0.4, -0.2) is 42.0 Å². The summed E-state index contributed by atoms with van der Waals surface area (Å²) in [5.74, 6) is 0.342. The number of likely N-dealkylation sites (tertiary alicyclic amines) is 1. The lowest BCUT2D eigenvalue weighted by Gasteiger charge is -2.19. The van der Waals surface area contributed by atoms with Crippen molar-refractivity contribution in [2.45, 2.75) is 25.7 Å². The third-order valence-electron chi connectivity index (χ3n) is 5.21. The first-order chi connectivity index (χ1) is 13.3. The smallest absolute Gasteiger partial charge is 0.273 e. The van der Waals surface area contributed by atoms with Gasteiger partial charge in [0.1, 0.15) is 0 Å². The normalized spacial score (nSPS) is 15.6. The molecule has 5 heteroatoms. The van der Waals surface area contributed by atoms with Crippen molar-refractivity contribution in [3.63, 3.8) is 0 Å². The van der Waals surface area contributed by atoms with Gasteiger partial charge in [0, 0.05) is 18.7 Å². The average molecular weight is 363 g/mol. The van der Waals surface area contributed by atoms with Crippen LogP contribution in [0.4, 0.5) is 0 Å². The predicted octanol–water partition coefficient (Wildman–Crippen LogP) is 4.10. The van der Waals surface area contributed by atoms with Crippen molar-refractivity contribution >= 4 is 16.7 Å². The number of amides is 1. The molecule has 2 aromatic carbocycles. The van der Waals surface area contributed by atoms with Gasteiger partial charge >= 0.3 is 0 Å². The van der Waals surface area contributed by atoms with E-state index in [9.17, 15) is 4.79 Å². The van der Waals surface area contributed by atoms with Gasteiger partial charge in [-0.05, 0) is 42.8 Å². The molecule has 0 bridgehead atoms. The summed E-state index contributed by atoms with van der Waals surface area (Å²) in [4.78, 5) is 19.2. The maximum absolute atomic E-state index is 12.6. The molecule has 1 amide bonds. The van der Waals surface area contributed by atoms with E-state index in [1.165, 1.54) is 32.1 Å². The molecule has 3 aromatic rings. The molecule has 0 atom stereocenters. The van der Waals surface area contributed by atoms with Crippen LogP contribution in [0.5, 0.6) is 0 Å². The molecule has 1 aromatic heterocycles. The van der Waals surface area contributed by atoms with Crippen molar-refractivity contribution in [1.29, 1.82) is 0 Å². The van der Waals surface area contributed by atoms with E-state index in [-0.39, 0.29) is 5.91 Å². The number of benzene rings is 2. The van der Waals surface area contributed by atoms with Crippen LogP contribution in [0.25, 0.3) is 22.1 Å². The molecule has 1 aliphatic rings. The number of hydrogen-bond donors (Lipinski definition) is 1. The summed E-state index contributed by atoms with van der Waals surface area (Å²) in [5, 5.41) is 5.26. The SMILES string of the molecule is O=C(NCCN1CCCCCC1)c1ncoc1-c1ccc2ccccc2c1. The lowest BCUT2D eigenvalue weighted by Crippen LogP contribution is -2.35. The Morgan fingerprint density at radius 3 is 2.63 bits per heavy atom. The maximum Gasteiger partial charge on any atom is 0.273 e. The van der Waals surface area contributed by atoms with Crippen molar-refractivity contribution in [3.8, 4) is 11.3 Å². The summed E-state index contributed by atoms with van der Waals surface area (Å²) in [6.07, 6.45) is 6.48. The minimum absolute atomic E-state index is 0.179. The van der Waals surface area contributed by atoms with Gasteiger partial charge in [-0.1, -0.05) is 49.2 Å². The zero-order valence-corrected chi connectivity index (χ0v) is 15.5. The third kappa shape index (κ3) is 4.19. The number of nitrogens with zero attached hydrogens (tertiary/aromatic N) is 2. The Labute approximate surface area is 159 Å². The first-order valence-corrected chi connectivity index (χ1v) is 9.74. The molecule has 0 radical (unpaired) electrons. The van der Waals surface area contributed by atoms with E-state index in [1.807, 2.05) is 30.3 Å². The molecule has 0 spiro atoms. The molecule has 1 fully saturated rings. The zero-order valence-electron chi connectivity index (χ0n) is 15.5. The Balaban J connectivity index is 1.43. The van der Waals surface area contributed by atoms with Gasteiger partial charge in [-0.3, -0.25) is 4.79 Å².